The second-order valence-electron chi connectivity index (χ2n) is 6.38. The van der Waals surface area contributed by atoms with Gasteiger partial charge in [0.2, 0.25) is 5.91 Å². The summed E-state index contributed by atoms with van der Waals surface area (Å²) < 4.78 is 5.12. The molecule has 3 aromatic heterocycles. The minimum atomic E-state index is -0.375. The van der Waals surface area contributed by atoms with Gasteiger partial charge in [-0.1, -0.05) is 6.08 Å². The van der Waals surface area contributed by atoms with Crippen LogP contribution in [0, 0.1) is 11.3 Å². The molecule has 2 N–H and O–H groups in total. The van der Waals surface area contributed by atoms with Gasteiger partial charge in [-0.15, -0.1) is 0 Å². The van der Waals surface area contributed by atoms with Gasteiger partial charge in [-0.05, 0) is 41.8 Å². The predicted molar refractivity (Wildman–Crippen MR) is 102 cm³/mol. The Labute approximate surface area is 160 Å². The van der Waals surface area contributed by atoms with Crippen molar-refractivity contribution in [1.82, 2.24) is 14.9 Å². The van der Waals surface area contributed by atoms with Crippen LogP contribution in [0.25, 0.3) is 16.6 Å². The zero-order valence-electron chi connectivity index (χ0n) is 14.9. The average molecular weight is 375 g/mol. The van der Waals surface area contributed by atoms with Crippen molar-refractivity contribution in [1.29, 1.82) is 5.26 Å². The number of pyridine rings is 1. The number of nitrogens with one attached hydrogen (secondary N) is 2. The van der Waals surface area contributed by atoms with Gasteiger partial charge in [0, 0.05) is 24.7 Å². The highest BCUT2D eigenvalue weighted by Gasteiger charge is 2.20. The van der Waals surface area contributed by atoms with Crippen LogP contribution in [-0.2, 0) is 4.79 Å². The highest BCUT2D eigenvalue weighted by atomic mass is 16.3. The predicted octanol–water partition coefficient (Wildman–Crippen LogP) is 2.94. The molecule has 0 fully saturated rings. The molecule has 0 spiro atoms. The fraction of sp³-hybridized carbons (Fsp3) is 0.200. The van der Waals surface area contributed by atoms with Crippen molar-refractivity contribution in [2.45, 2.75) is 12.8 Å². The van der Waals surface area contributed by atoms with E-state index in [1.165, 1.54) is 6.26 Å². The van der Waals surface area contributed by atoms with Gasteiger partial charge in [0.05, 0.1) is 12.3 Å². The average Bonchev–Trinajstić information content (AvgIpc) is 3.39. The van der Waals surface area contributed by atoms with Crippen LogP contribution in [0.1, 0.15) is 29.0 Å². The molecule has 4 rings (SSSR count). The highest BCUT2D eigenvalue weighted by molar-refractivity contribution is 6.03. The van der Waals surface area contributed by atoms with Gasteiger partial charge in [-0.2, -0.15) is 5.26 Å². The number of amides is 2. The molecule has 140 valence electrons. The Hall–Kier alpha value is -3.86. The molecule has 1 aliphatic heterocycles. The maximum Gasteiger partial charge on any atom is 0.292 e. The largest absolute Gasteiger partial charge is 0.459 e. The zero-order chi connectivity index (χ0) is 19.5. The Morgan fingerprint density at radius 1 is 1.39 bits per heavy atom. The van der Waals surface area contributed by atoms with Crippen LogP contribution < -0.4 is 5.32 Å². The van der Waals surface area contributed by atoms with E-state index < -0.39 is 0 Å². The maximum atomic E-state index is 12.3. The summed E-state index contributed by atoms with van der Waals surface area (Å²) in [6.45, 7) is 1.01. The van der Waals surface area contributed by atoms with Crippen LogP contribution in [0.5, 0.6) is 0 Å². The number of fused-ring (bicyclic) bond motifs is 1. The fourth-order valence-corrected chi connectivity index (χ4v) is 3.27. The molecule has 3 aromatic rings. The van der Waals surface area contributed by atoms with Gasteiger partial charge in [0.25, 0.3) is 5.91 Å². The Kier molecular flexibility index (Phi) is 4.64. The van der Waals surface area contributed by atoms with Gasteiger partial charge < -0.3 is 19.6 Å². The fourth-order valence-electron chi connectivity index (χ4n) is 3.27. The van der Waals surface area contributed by atoms with E-state index in [9.17, 15) is 9.59 Å². The third-order valence-electron chi connectivity index (χ3n) is 4.65. The Morgan fingerprint density at radius 2 is 2.29 bits per heavy atom. The molecule has 8 nitrogen and oxygen atoms in total. The van der Waals surface area contributed by atoms with E-state index in [0.717, 1.165) is 16.5 Å². The standard InChI is InChI=1S/C20H17N5O3/c21-7-3-18(26)25-9-5-13(6-10-25)15-12-17(23-19-14(15)4-8-22-19)24-20(27)16-2-1-11-28-16/h1-2,4-5,8,11-12H,3,6,9-10H2,(H2,22,23,24,27). The normalized spacial score (nSPS) is 13.8. The van der Waals surface area contributed by atoms with Crippen LogP contribution in [-0.4, -0.2) is 39.8 Å². The second kappa shape index (κ2) is 7.40. The van der Waals surface area contributed by atoms with Crippen molar-refractivity contribution >= 4 is 34.2 Å². The number of furan rings is 1. The lowest BCUT2D eigenvalue weighted by molar-refractivity contribution is -0.129. The summed E-state index contributed by atoms with van der Waals surface area (Å²) in [7, 11) is 0. The second-order valence-corrected chi connectivity index (χ2v) is 6.38. The van der Waals surface area contributed by atoms with Gasteiger partial charge >= 0.3 is 0 Å². The van der Waals surface area contributed by atoms with Crippen molar-refractivity contribution < 1.29 is 14.0 Å². The lowest BCUT2D eigenvalue weighted by Gasteiger charge is -2.26. The van der Waals surface area contributed by atoms with E-state index in [2.05, 4.69) is 15.3 Å². The third kappa shape index (κ3) is 3.38. The Morgan fingerprint density at radius 3 is 3.00 bits per heavy atom. The van der Waals surface area contributed by atoms with Gasteiger partial charge in [-0.3, -0.25) is 9.59 Å². The SMILES string of the molecule is N#CCC(=O)N1CC=C(c2cc(NC(=O)c3ccco3)nc3[nH]ccc23)CC1. The van der Waals surface area contributed by atoms with Crippen molar-refractivity contribution in [3.05, 3.63) is 54.1 Å². The van der Waals surface area contributed by atoms with E-state index in [4.69, 9.17) is 9.68 Å². The zero-order valence-corrected chi connectivity index (χ0v) is 14.9. The van der Waals surface area contributed by atoms with Crippen molar-refractivity contribution in [2.75, 3.05) is 18.4 Å². The first-order valence-corrected chi connectivity index (χ1v) is 8.83. The molecule has 4 heterocycles. The molecule has 0 saturated heterocycles. The molecule has 28 heavy (non-hydrogen) atoms. The van der Waals surface area contributed by atoms with Crippen LogP contribution in [0.4, 0.5) is 5.82 Å². The van der Waals surface area contributed by atoms with E-state index in [0.29, 0.717) is 31.0 Å². The molecule has 0 unspecified atom stereocenters. The van der Waals surface area contributed by atoms with Gasteiger partial charge in [0.15, 0.2) is 5.76 Å². The number of aromatic amines is 1. The number of carbonyl (C=O) groups is 2. The van der Waals surface area contributed by atoms with Crippen LogP contribution in [0.2, 0.25) is 0 Å². The molecule has 0 aliphatic carbocycles. The molecule has 0 saturated carbocycles. The van der Waals surface area contributed by atoms with E-state index in [-0.39, 0.29) is 24.0 Å². The molecule has 8 heteroatoms. The summed E-state index contributed by atoms with van der Waals surface area (Å²) in [5, 5.41) is 12.4. The molecule has 0 aromatic carbocycles. The monoisotopic (exact) mass is 375 g/mol. The van der Waals surface area contributed by atoms with E-state index in [1.54, 1.807) is 23.2 Å². The molecular formula is C20H17N5O3. The lowest BCUT2D eigenvalue weighted by Crippen LogP contribution is -2.34. The van der Waals surface area contributed by atoms with Crippen molar-refractivity contribution in [3.8, 4) is 6.07 Å². The summed E-state index contributed by atoms with van der Waals surface area (Å²) in [4.78, 5) is 33.4. The number of nitrogens with zero attached hydrogens (tertiary/aromatic N) is 3. The Balaban J connectivity index is 1.62. The lowest BCUT2D eigenvalue weighted by atomic mass is 9.97. The summed E-state index contributed by atoms with van der Waals surface area (Å²) >= 11 is 0. The number of hydrogen-bond acceptors (Lipinski definition) is 5. The van der Waals surface area contributed by atoms with Crippen LogP contribution >= 0.6 is 0 Å². The molecule has 2 amide bonds. The first-order chi connectivity index (χ1) is 13.7. The molecular weight excluding hydrogens is 358 g/mol. The topological polar surface area (TPSA) is 115 Å². The number of nitriles is 1. The Bertz CT molecular complexity index is 1100. The molecule has 1 aliphatic rings. The van der Waals surface area contributed by atoms with Crippen LogP contribution in [0.3, 0.4) is 0 Å². The van der Waals surface area contributed by atoms with E-state index in [1.807, 2.05) is 24.3 Å². The summed E-state index contributed by atoms with van der Waals surface area (Å²) in [5.41, 5.74) is 2.69. The number of aromatic nitrogens is 2. The number of anilines is 1. The summed E-state index contributed by atoms with van der Waals surface area (Å²) in [5.74, 6) is 0.0830. The minimum Gasteiger partial charge on any atom is -0.459 e. The van der Waals surface area contributed by atoms with E-state index >= 15 is 0 Å². The molecule has 0 bridgehead atoms. The maximum absolute atomic E-state index is 12.3. The van der Waals surface area contributed by atoms with Gasteiger partial charge in [-0.25, -0.2) is 4.98 Å². The first-order valence-electron chi connectivity index (χ1n) is 8.83. The van der Waals surface area contributed by atoms with Crippen LogP contribution in [0.15, 0.2) is 47.2 Å². The summed E-state index contributed by atoms with van der Waals surface area (Å²) in [6.07, 6.45) is 5.77. The third-order valence-corrected chi connectivity index (χ3v) is 4.65. The van der Waals surface area contributed by atoms with Crippen molar-refractivity contribution in [2.24, 2.45) is 0 Å². The molecule has 0 radical (unpaired) electrons. The smallest absolute Gasteiger partial charge is 0.292 e. The quantitative estimate of drug-likeness (QED) is 0.727. The number of hydrogen-bond donors (Lipinski definition) is 2. The summed E-state index contributed by atoms with van der Waals surface area (Å²) in [6, 6.07) is 8.89. The van der Waals surface area contributed by atoms with Gasteiger partial charge in [0.1, 0.15) is 17.9 Å². The highest BCUT2D eigenvalue weighted by Crippen LogP contribution is 2.30. The van der Waals surface area contributed by atoms with Crippen molar-refractivity contribution in [3.63, 3.8) is 0 Å². The number of carbonyl (C=O) groups excluding carboxylic acids is 2. The molecule has 0 atom stereocenters. The number of rotatable bonds is 4. The number of H-pyrrole nitrogens is 1. The first kappa shape index (κ1) is 17.5. The minimum absolute atomic E-state index is 0.108.